The summed E-state index contributed by atoms with van der Waals surface area (Å²) in [5.74, 6) is -1.01. The monoisotopic (exact) mass is 329 g/mol. The molecule has 120 valence electrons. The lowest BCUT2D eigenvalue weighted by molar-refractivity contribution is -0.141. The third kappa shape index (κ3) is 2.41. The van der Waals surface area contributed by atoms with Crippen molar-refractivity contribution in [2.45, 2.75) is 13.1 Å². The van der Waals surface area contributed by atoms with Crippen molar-refractivity contribution in [3.05, 3.63) is 56.2 Å². The van der Waals surface area contributed by atoms with Crippen LogP contribution in [0.2, 0.25) is 0 Å². The van der Waals surface area contributed by atoms with Crippen LogP contribution in [0, 0.1) is 12.7 Å². The van der Waals surface area contributed by atoms with E-state index in [1.807, 2.05) is 0 Å². The van der Waals surface area contributed by atoms with Crippen LogP contribution in [0.3, 0.4) is 0 Å². The molecule has 0 aliphatic rings. The maximum absolute atomic E-state index is 14.1. The van der Waals surface area contributed by atoms with Crippen LogP contribution in [0.4, 0.5) is 17.6 Å². The second kappa shape index (κ2) is 4.80. The van der Waals surface area contributed by atoms with E-state index < -0.39 is 34.6 Å². The van der Waals surface area contributed by atoms with Crippen LogP contribution in [0.25, 0.3) is 16.7 Å². The molecule has 0 atom stereocenters. The largest absolute Gasteiger partial charge is 0.431 e. The minimum Gasteiger partial charge on any atom is -0.356 e. The highest BCUT2D eigenvalue weighted by Gasteiger charge is 2.33. The fraction of sp³-hybridized carbons (Fsp3) is 0.154. The highest BCUT2D eigenvalue weighted by atomic mass is 19.4. The first-order valence-corrected chi connectivity index (χ1v) is 6.18. The summed E-state index contributed by atoms with van der Waals surface area (Å²) >= 11 is 0. The van der Waals surface area contributed by atoms with E-state index in [1.165, 1.54) is 4.98 Å². The molecule has 0 aliphatic carbocycles. The first-order valence-electron chi connectivity index (χ1n) is 6.18. The first-order chi connectivity index (χ1) is 10.7. The predicted octanol–water partition coefficient (Wildman–Crippen LogP) is 2.13. The number of benzene rings is 1. The molecule has 1 N–H and O–H groups in total. The van der Waals surface area contributed by atoms with Gasteiger partial charge >= 0.3 is 11.9 Å². The molecule has 3 rings (SSSR count). The van der Waals surface area contributed by atoms with E-state index in [4.69, 9.17) is 4.52 Å². The van der Waals surface area contributed by atoms with Crippen molar-refractivity contribution in [3.8, 4) is 5.69 Å². The number of aromatic amines is 1. The maximum Gasteiger partial charge on any atom is 0.431 e. The third-order valence-electron chi connectivity index (χ3n) is 3.20. The minimum absolute atomic E-state index is 0.0835. The second-order valence-electron chi connectivity index (χ2n) is 4.73. The number of aromatic nitrogens is 3. The number of nitrogens with zero attached hydrogens (tertiary/aromatic N) is 2. The smallest absolute Gasteiger partial charge is 0.356 e. The van der Waals surface area contributed by atoms with Gasteiger partial charge in [0, 0.05) is 17.5 Å². The van der Waals surface area contributed by atoms with Gasteiger partial charge in [-0.3, -0.25) is 4.79 Å². The molecule has 23 heavy (non-hydrogen) atoms. The van der Waals surface area contributed by atoms with Gasteiger partial charge in [-0.05, 0) is 13.0 Å². The van der Waals surface area contributed by atoms with E-state index in [-0.39, 0.29) is 16.2 Å². The summed E-state index contributed by atoms with van der Waals surface area (Å²) < 4.78 is 56.9. The van der Waals surface area contributed by atoms with E-state index in [2.05, 4.69) is 5.16 Å². The fourth-order valence-corrected chi connectivity index (χ4v) is 2.12. The molecular weight excluding hydrogens is 322 g/mol. The first kappa shape index (κ1) is 15.0. The van der Waals surface area contributed by atoms with Crippen molar-refractivity contribution in [2.24, 2.45) is 0 Å². The summed E-state index contributed by atoms with van der Waals surface area (Å²) in [6.45, 7) is 1.55. The summed E-state index contributed by atoms with van der Waals surface area (Å²) in [5, 5.41) is 3.93. The van der Waals surface area contributed by atoms with E-state index in [0.717, 1.165) is 12.1 Å². The minimum atomic E-state index is -4.90. The predicted molar refractivity (Wildman–Crippen MR) is 69.9 cm³/mol. The van der Waals surface area contributed by atoms with Crippen LogP contribution in [0.1, 0.15) is 11.4 Å². The number of halogens is 4. The van der Waals surface area contributed by atoms with Crippen LogP contribution in [-0.4, -0.2) is 14.7 Å². The Hall–Kier alpha value is -2.91. The lowest BCUT2D eigenvalue weighted by Crippen LogP contribution is -2.36. The third-order valence-corrected chi connectivity index (χ3v) is 3.20. The molecule has 0 bridgehead atoms. The van der Waals surface area contributed by atoms with Gasteiger partial charge in [-0.1, -0.05) is 5.16 Å². The number of alkyl halides is 3. The van der Waals surface area contributed by atoms with Gasteiger partial charge in [0.05, 0.1) is 11.4 Å². The summed E-state index contributed by atoms with van der Waals surface area (Å²) in [7, 11) is 0. The van der Waals surface area contributed by atoms with Crippen LogP contribution in [0.15, 0.2) is 32.3 Å². The van der Waals surface area contributed by atoms with Gasteiger partial charge in [-0.25, -0.2) is 13.8 Å². The van der Waals surface area contributed by atoms with Gasteiger partial charge in [-0.15, -0.1) is 0 Å². The molecule has 0 saturated carbocycles. The van der Waals surface area contributed by atoms with Crippen molar-refractivity contribution >= 4 is 11.0 Å². The lowest BCUT2D eigenvalue weighted by Gasteiger charge is -2.09. The van der Waals surface area contributed by atoms with Crippen molar-refractivity contribution in [1.29, 1.82) is 0 Å². The maximum atomic E-state index is 14.1. The van der Waals surface area contributed by atoms with Crippen LogP contribution < -0.4 is 11.2 Å². The Kier molecular flexibility index (Phi) is 3.13. The molecule has 6 nitrogen and oxygen atoms in total. The Morgan fingerprint density at radius 1 is 1.22 bits per heavy atom. The molecule has 2 aromatic heterocycles. The summed E-state index contributed by atoms with van der Waals surface area (Å²) in [6, 6.07) is 2.19. The van der Waals surface area contributed by atoms with Crippen molar-refractivity contribution in [2.75, 3.05) is 0 Å². The van der Waals surface area contributed by atoms with Gasteiger partial charge in [0.15, 0.2) is 11.4 Å². The molecule has 0 saturated heterocycles. The average Bonchev–Trinajstić information content (AvgIpc) is 2.78. The van der Waals surface area contributed by atoms with Crippen LogP contribution in [-0.2, 0) is 6.18 Å². The van der Waals surface area contributed by atoms with E-state index in [0.29, 0.717) is 11.1 Å². The van der Waals surface area contributed by atoms with Gasteiger partial charge in [0.2, 0.25) is 0 Å². The molecule has 2 heterocycles. The van der Waals surface area contributed by atoms with Gasteiger partial charge in [0.1, 0.15) is 5.69 Å². The average molecular weight is 329 g/mol. The molecule has 0 spiro atoms. The number of rotatable bonds is 1. The van der Waals surface area contributed by atoms with Gasteiger partial charge in [0.25, 0.3) is 5.56 Å². The van der Waals surface area contributed by atoms with Crippen molar-refractivity contribution in [1.82, 2.24) is 14.7 Å². The van der Waals surface area contributed by atoms with Crippen molar-refractivity contribution in [3.63, 3.8) is 0 Å². The topological polar surface area (TPSA) is 80.9 Å². The van der Waals surface area contributed by atoms with Crippen LogP contribution >= 0.6 is 0 Å². The van der Waals surface area contributed by atoms with E-state index >= 15 is 0 Å². The molecule has 0 unspecified atom stereocenters. The highest BCUT2D eigenvalue weighted by Crippen LogP contribution is 2.26. The quantitative estimate of drug-likeness (QED) is 0.694. The van der Waals surface area contributed by atoms with Crippen molar-refractivity contribution < 1.29 is 22.1 Å². The number of fused-ring (bicyclic) bond motifs is 1. The van der Waals surface area contributed by atoms with Gasteiger partial charge < -0.3 is 9.51 Å². The van der Waals surface area contributed by atoms with Gasteiger partial charge in [-0.2, -0.15) is 13.2 Å². The number of nitrogens with one attached hydrogen (secondary N) is 1. The zero-order chi connectivity index (χ0) is 16.9. The lowest BCUT2D eigenvalue weighted by atomic mass is 10.2. The normalized spacial score (nSPS) is 12.0. The zero-order valence-corrected chi connectivity index (χ0v) is 11.4. The summed E-state index contributed by atoms with van der Waals surface area (Å²) in [4.78, 5) is 25.2. The highest BCUT2D eigenvalue weighted by molar-refractivity contribution is 5.81. The Bertz CT molecular complexity index is 998. The molecule has 0 amide bonds. The zero-order valence-electron chi connectivity index (χ0n) is 11.4. The van der Waals surface area contributed by atoms with E-state index in [9.17, 15) is 27.2 Å². The molecular formula is C13H7F4N3O3. The number of hydrogen-bond donors (Lipinski definition) is 1. The number of aryl methyl sites for hydroxylation is 1. The molecule has 3 aromatic rings. The second-order valence-corrected chi connectivity index (χ2v) is 4.73. The fourth-order valence-electron chi connectivity index (χ4n) is 2.12. The number of hydrogen-bond acceptors (Lipinski definition) is 4. The molecule has 10 heteroatoms. The standard InChI is InChI=1S/C13H7F4N3O3/c1-5-6-2-8(7(14)3-9(6)23-19-5)20-11(21)4-10(13(15,16)17)18-12(20)22/h2-4H,1H3,(H,18,22). The molecule has 1 aromatic carbocycles. The Labute approximate surface area is 123 Å². The Morgan fingerprint density at radius 2 is 1.91 bits per heavy atom. The number of H-pyrrole nitrogens is 1. The SMILES string of the molecule is Cc1noc2cc(F)c(-n3c(=O)cc(C(F)(F)F)[nH]c3=O)cc12. The van der Waals surface area contributed by atoms with E-state index in [1.54, 1.807) is 6.92 Å². The Morgan fingerprint density at radius 3 is 2.52 bits per heavy atom. The molecule has 0 fully saturated rings. The van der Waals surface area contributed by atoms with Crippen LogP contribution in [0.5, 0.6) is 0 Å². The summed E-state index contributed by atoms with van der Waals surface area (Å²) in [6.07, 6.45) is -4.90. The Balaban J connectivity index is 2.31. The molecule has 0 radical (unpaired) electrons. The molecule has 0 aliphatic heterocycles. The summed E-state index contributed by atoms with van der Waals surface area (Å²) in [5.41, 5.74) is -4.27.